The van der Waals surface area contributed by atoms with Gasteiger partial charge in [-0.3, -0.25) is 9.69 Å². The average Bonchev–Trinajstić information content (AvgIpc) is 3.34. The maximum Gasteiger partial charge on any atom is 0.244 e. The lowest BCUT2D eigenvalue weighted by Crippen LogP contribution is -2.53. The Hall–Kier alpha value is -2.03. The van der Waals surface area contributed by atoms with Crippen LogP contribution < -0.4 is 0 Å². The van der Waals surface area contributed by atoms with E-state index < -0.39 is 10.0 Å². The summed E-state index contributed by atoms with van der Waals surface area (Å²) < 4.78 is 38.4. The molecule has 0 bridgehead atoms. The van der Waals surface area contributed by atoms with E-state index >= 15 is 0 Å². The van der Waals surface area contributed by atoms with Crippen molar-refractivity contribution < 1.29 is 22.7 Å². The lowest BCUT2D eigenvalue weighted by Gasteiger charge is -2.37. The summed E-state index contributed by atoms with van der Waals surface area (Å²) in [6, 6.07) is 8.15. The fraction of sp³-hybridized carbons (Fsp3) is 0.619. The molecule has 0 unspecified atom stereocenters. The first-order valence-corrected chi connectivity index (χ1v) is 12.2. The third-order valence-corrected chi connectivity index (χ3v) is 8.20. The van der Waals surface area contributed by atoms with Crippen molar-refractivity contribution in [2.45, 2.75) is 24.0 Å². The van der Waals surface area contributed by atoms with Crippen LogP contribution in [0.1, 0.15) is 18.4 Å². The Morgan fingerprint density at radius 3 is 2.32 bits per heavy atom. The molecule has 0 spiro atoms. The van der Waals surface area contributed by atoms with Crippen molar-refractivity contribution in [2.75, 3.05) is 59.0 Å². The molecule has 1 aromatic carbocycles. The fourth-order valence-electron chi connectivity index (χ4n) is 4.42. The normalized spacial score (nSPS) is 22.5. The summed E-state index contributed by atoms with van der Waals surface area (Å²) in [6.07, 6.45) is 1.80. The number of piperidine rings is 1. The van der Waals surface area contributed by atoms with Gasteiger partial charge in [0.1, 0.15) is 6.07 Å². The Balaban J connectivity index is 1.27. The number of carbonyl (C=O) groups excluding carboxylic acids is 1. The largest absolute Gasteiger partial charge is 0.350 e. The summed E-state index contributed by atoms with van der Waals surface area (Å²) in [5.74, 6) is 0.417. The minimum Gasteiger partial charge on any atom is -0.350 e. The summed E-state index contributed by atoms with van der Waals surface area (Å²) in [5, 5.41) is 9.22. The lowest BCUT2D eigenvalue weighted by molar-refractivity contribution is -0.135. The molecule has 3 aliphatic rings. The van der Waals surface area contributed by atoms with E-state index in [9.17, 15) is 18.5 Å². The van der Waals surface area contributed by atoms with Gasteiger partial charge in [-0.1, -0.05) is 12.1 Å². The van der Waals surface area contributed by atoms with Crippen molar-refractivity contribution in [2.24, 2.45) is 5.92 Å². The molecule has 0 saturated carbocycles. The molecule has 1 aromatic rings. The van der Waals surface area contributed by atoms with E-state index in [0.717, 1.165) is 25.9 Å². The number of nitrogens with zero attached hydrogens (tertiary/aromatic N) is 4. The average molecular weight is 449 g/mol. The number of rotatable bonds is 5. The van der Waals surface area contributed by atoms with Gasteiger partial charge < -0.3 is 14.4 Å². The Labute approximate surface area is 183 Å². The molecule has 0 aromatic heterocycles. The van der Waals surface area contributed by atoms with Gasteiger partial charge in [0.25, 0.3) is 0 Å². The number of amides is 1. The highest BCUT2D eigenvalue weighted by Gasteiger charge is 2.34. The van der Waals surface area contributed by atoms with Crippen LogP contribution in [-0.2, 0) is 24.3 Å². The van der Waals surface area contributed by atoms with Gasteiger partial charge in [0, 0.05) is 32.1 Å². The maximum atomic E-state index is 12.9. The molecule has 1 amide bonds. The number of sulfonamides is 1. The Morgan fingerprint density at radius 2 is 1.68 bits per heavy atom. The predicted molar refractivity (Wildman–Crippen MR) is 111 cm³/mol. The van der Waals surface area contributed by atoms with E-state index in [2.05, 4.69) is 4.90 Å². The van der Waals surface area contributed by atoms with Crippen LogP contribution in [0.4, 0.5) is 0 Å². The maximum absolute atomic E-state index is 12.9. The summed E-state index contributed by atoms with van der Waals surface area (Å²) in [7, 11) is -3.76. The molecule has 31 heavy (non-hydrogen) atoms. The summed E-state index contributed by atoms with van der Waals surface area (Å²) >= 11 is 0. The van der Waals surface area contributed by atoms with Crippen LogP contribution in [0.3, 0.4) is 0 Å². The number of carbonyl (C=O) groups is 1. The van der Waals surface area contributed by atoms with Crippen LogP contribution in [0.25, 0.3) is 0 Å². The van der Waals surface area contributed by atoms with Crippen molar-refractivity contribution in [1.29, 1.82) is 5.26 Å². The monoisotopic (exact) mass is 448 g/mol. The number of ether oxygens (including phenoxy) is 2. The smallest absolute Gasteiger partial charge is 0.244 e. The predicted octanol–water partition coefficient (Wildman–Crippen LogP) is 0.476. The van der Waals surface area contributed by atoms with Crippen molar-refractivity contribution in [1.82, 2.24) is 14.1 Å². The first-order chi connectivity index (χ1) is 15.0. The molecule has 0 N–H and O–H groups in total. The van der Waals surface area contributed by atoms with E-state index in [1.807, 2.05) is 6.07 Å². The molecule has 3 saturated heterocycles. The Bertz CT molecular complexity index is 925. The number of benzene rings is 1. The minimum absolute atomic E-state index is 0.0235. The van der Waals surface area contributed by atoms with Gasteiger partial charge in [0.15, 0.2) is 6.29 Å². The minimum atomic E-state index is -3.76. The van der Waals surface area contributed by atoms with Crippen molar-refractivity contribution in [3.8, 4) is 6.07 Å². The highest BCUT2D eigenvalue weighted by Crippen LogP contribution is 2.26. The quantitative estimate of drug-likeness (QED) is 0.645. The fourth-order valence-corrected chi connectivity index (χ4v) is 5.99. The molecule has 10 heteroatoms. The summed E-state index contributed by atoms with van der Waals surface area (Å²) in [6.45, 7) is 4.50. The highest BCUT2D eigenvalue weighted by molar-refractivity contribution is 7.89. The van der Waals surface area contributed by atoms with Crippen LogP contribution >= 0.6 is 0 Å². The number of piperazine rings is 1. The van der Waals surface area contributed by atoms with Gasteiger partial charge in [-0.05, 0) is 38.1 Å². The number of hydrogen-bond donors (Lipinski definition) is 0. The zero-order valence-electron chi connectivity index (χ0n) is 17.5. The van der Waals surface area contributed by atoms with Gasteiger partial charge >= 0.3 is 0 Å². The van der Waals surface area contributed by atoms with Crippen molar-refractivity contribution in [3.05, 3.63) is 29.8 Å². The van der Waals surface area contributed by atoms with Crippen molar-refractivity contribution in [3.63, 3.8) is 0 Å². The molecule has 168 valence electrons. The molecule has 0 atom stereocenters. The third kappa shape index (κ3) is 4.91. The van der Waals surface area contributed by atoms with Gasteiger partial charge in [-0.25, -0.2) is 8.42 Å². The van der Waals surface area contributed by atoms with E-state index in [1.165, 1.54) is 16.4 Å². The number of hydrogen-bond acceptors (Lipinski definition) is 7. The zero-order chi connectivity index (χ0) is 21.8. The number of likely N-dealkylation sites (tertiary alicyclic amines) is 1. The first-order valence-electron chi connectivity index (χ1n) is 10.7. The molecule has 0 aliphatic carbocycles. The van der Waals surface area contributed by atoms with Gasteiger partial charge in [0.2, 0.25) is 15.9 Å². The standard InChI is InChI=1S/C21H28N4O5S/c22-15-18-3-1-2-4-19(18)31(27,28)25-11-9-24(10-12-25)20(26)16-23-7-5-17(6-8-23)21-29-13-14-30-21/h1-4,17,21H,5-14,16H2. The molecule has 3 fully saturated rings. The molecular weight excluding hydrogens is 420 g/mol. The lowest BCUT2D eigenvalue weighted by atomic mass is 9.96. The molecule has 3 aliphatic heterocycles. The van der Waals surface area contributed by atoms with Crippen molar-refractivity contribution >= 4 is 15.9 Å². The van der Waals surface area contributed by atoms with E-state index in [4.69, 9.17) is 9.47 Å². The van der Waals surface area contributed by atoms with E-state index in [-0.39, 0.29) is 35.7 Å². The molecule has 3 heterocycles. The molecule has 0 radical (unpaired) electrons. The number of nitriles is 1. The van der Waals surface area contributed by atoms with E-state index in [0.29, 0.717) is 38.8 Å². The van der Waals surface area contributed by atoms with Crippen LogP contribution in [0.2, 0.25) is 0 Å². The Morgan fingerprint density at radius 1 is 1.03 bits per heavy atom. The highest BCUT2D eigenvalue weighted by atomic mass is 32.2. The molecule has 9 nitrogen and oxygen atoms in total. The van der Waals surface area contributed by atoms with Crippen LogP contribution in [-0.4, -0.2) is 93.7 Å². The van der Waals surface area contributed by atoms with Crippen LogP contribution in [0.5, 0.6) is 0 Å². The van der Waals surface area contributed by atoms with Crippen LogP contribution in [0, 0.1) is 17.2 Å². The second-order valence-electron chi connectivity index (χ2n) is 8.12. The van der Waals surface area contributed by atoms with E-state index in [1.54, 1.807) is 17.0 Å². The third-order valence-electron chi connectivity index (χ3n) is 6.24. The Kier molecular flexibility index (Phi) is 6.89. The molecular formula is C21H28N4O5S. The summed E-state index contributed by atoms with van der Waals surface area (Å²) in [5.41, 5.74) is 0.137. The van der Waals surface area contributed by atoms with Gasteiger partial charge in [0.05, 0.1) is 30.2 Å². The second-order valence-corrected chi connectivity index (χ2v) is 10.0. The topological polar surface area (TPSA) is 103 Å². The van der Waals surface area contributed by atoms with Crippen LogP contribution in [0.15, 0.2) is 29.2 Å². The first kappa shape index (κ1) is 22.2. The summed E-state index contributed by atoms with van der Waals surface area (Å²) in [4.78, 5) is 16.7. The molecule has 4 rings (SSSR count). The van der Waals surface area contributed by atoms with Gasteiger partial charge in [-0.15, -0.1) is 0 Å². The second kappa shape index (κ2) is 9.63. The SMILES string of the molecule is N#Cc1ccccc1S(=O)(=O)N1CCN(C(=O)CN2CCC(C3OCCO3)CC2)CC1. The zero-order valence-corrected chi connectivity index (χ0v) is 18.3. The van der Waals surface area contributed by atoms with Gasteiger partial charge in [-0.2, -0.15) is 9.57 Å².